The van der Waals surface area contributed by atoms with Crippen molar-refractivity contribution in [2.75, 3.05) is 14.2 Å². The lowest BCUT2D eigenvalue weighted by Crippen LogP contribution is -2.23. The molecule has 0 rings (SSSR count). The van der Waals surface area contributed by atoms with Crippen LogP contribution in [0.15, 0.2) is 36.5 Å². The Morgan fingerprint density at radius 3 is 2.20 bits per heavy atom. The van der Waals surface area contributed by atoms with Crippen LogP contribution in [-0.2, 0) is 19.1 Å². The van der Waals surface area contributed by atoms with E-state index in [1.165, 1.54) is 14.2 Å². The molecule has 0 N–H and O–H groups in total. The molecule has 0 aliphatic rings. The first-order valence-corrected chi connectivity index (χ1v) is 6.67. The summed E-state index contributed by atoms with van der Waals surface area (Å²) in [5, 5.41) is 0. The van der Waals surface area contributed by atoms with Gasteiger partial charge >= 0.3 is 11.9 Å². The smallest absolute Gasteiger partial charge is 0.313 e. The molecule has 0 radical (unpaired) electrons. The second-order valence-electron chi connectivity index (χ2n) is 4.26. The van der Waals surface area contributed by atoms with Crippen LogP contribution >= 0.6 is 0 Å². The van der Waals surface area contributed by atoms with Crippen molar-refractivity contribution in [1.29, 1.82) is 0 Å². The molecule has 0 aliphatic carbocycles. The Bertz CT molecular complexity index is 380. The van der Waals surface area contributed by atoms with E-state index in [1.807, 2.05) is 44.2 Å². The summed E-state index contributed by atoms with van der Waals surface area (Å²) in [5.74, 6) is -1.08. The number of hydrogen-bond donors (Lipinski definition) is 0. The zero-order valence-electron chi connectivity index (χ0n) is 12.7. The fourth-order valence-corrected chi connectivity index (χ4v) is 1.86. The molecule has 0 aromatic heterocycles. The van der Waals surface area contributed by atoms with Gasteiger partial charge in [-0.3, -0.25) is 9.59 Å². The van der Waals surface area contributed by atoms with Crippen LogP contribution in [0.1, 0.15) is 26.7 Å². The van der Waals surface area contributed by atoms with E-state index in [2.05, 4.69) is 4.74 Å². The first-order valence-electron chi connectivity index (χ1n) is 6.67. The summed E-state index contributed by atoms with van der Waals surface area (Å²) < 4.78 is 9.47. The average Bonchev–Trinajstić information content (AvgIpc) is 2.47. The van der Waals surface area contributed by atoms with Gasteiger partial charge in [0.2, 0.25) is 0 Å². The lowest BCUT2D eigenvalue weighted by atomic mass is 9.87. The molecular formula is C16H24O4. The molecule has 0 bridgehead atoms. The minimum atomic E-state index is -0.406. The Balaban J connectivity index is 5.00. The SMILES string of the molecule is CC=CC=CC(C(=O)OC)C(C=CC)CCC(=O)OC. The van der Waals surface area contributed by atoms with Crippen LogP contribution in [0, 0.1) is 11.8 Å². The van der Waals surface area contributed by atoms with Gasteiger partial charge < -0.3 is 9.47 Å². The number of carbonyl (C=O) groups excluding carboxylic acids is 2. The quantitative estimate of drug-likeness (QED) is 0.389. The van der Waals surface area contributed by atoms with Gasteiger partial charge in [0.25, 0.3) is 0 Å². The third-order valence-electron chi connectivity index (χ3n) is 2.91. The highest BCUT2D eigenvalue weighted by Crippen LogP contribution is 2.23. The molecule has 0 aromatic carbocycles. The molecule has 0 fully saturated rings. The molecule has 0 amide bonds. The molecule has 0 saturated heterocycles. The van der Waals surface area contributed by atoms with E-state index in [9.17, 15) is 9.59 Å². The first kappa shape index (κ1) is 18.2. The second-order valence-corrected chi connectivity index (χ2v) is 4.26. The van der Waals surface area contributed by atoms with Crippen LogP contribution in [-0.4, -0.2) is 26.2 Å². The molecule has 2 atom stereocenters. The topological polar surface area (TPSA) is 52.6 Å². The predicted octanol–water partition coefficient (Wildman–Crippen LogP) is 3.05. The zero-order chi connectivity index (χ0) is 15.4. The molecule has 0 saturated carbocycles. The van der Waals surface area contributed by atoms with Gasteiger partial charge in [0, 0.05) is 6.42 Å². The summed E-state index contributed by atoms with van der Waals surface area (Å²) in [6, 6.07) is 0. The van der Waals surface area contributed by atoms with Crippen LogP contribution in [0.2, 0.25) is 0 Å². The van der Waals surface area contributed by atoms with Crippen molar-refractivity contribution in [1.82, 2.24) is 0 Å². The number of methoxy groups -OCH3 is 2. The normalized spacial score (nSPS) is 14.8. The maximum atomic E-state index is 11.9. The van der Waals surface area contributed by atoms with Gasteiger partial charge in [0.15, 0.2) is 0 Å². The molecule has 4 nitrogen and oxygen atoms in total. The van der Waals surface area contributed by atoms with Crippen LogP contribution in [0.3, 0.4) is 0 Å². The van der Waals surface area contributed by atoms with Crippen LogP contribution in [0.4, 0.5) is 0 Å². The number of hydrogen-bond acceptors (Lipinski definition) is 4. The molecule has 0 aliphatic heterocycles. The third-order valence-corrected chi connectivity index (χ3v) is 2.91. The standard InChI is InChI=1S/C16H24O4/c1-5-7-8-10-14(16(18)20-4)13(9-6-2)11-12-15(17)19-3/h5-10,13-14H,11-12H2,1-4H3. The summed E-state index contributed by atoms with van der Waals surface area (Å²) in [5.41, 5.74) is 0. The molecule has 0 aromatic rings. The lowest BCUT2D eigenvalue weighted by molar-refractivity contribution is -0.146. The maximum absolute atomic E-state index is 11.9. The summed E-state index contributed by atoms with van der Waals surface area (Å²) in [4.78, 5) is 23.1. The largest absolute Gasteiger partial charge is 0.469 e. The van der Waals surface area contributed by atoms with Gasteiger partial charge in [-0.05, 0) is 26.2 Å². The van der Waals surface area contributed by atoms with E-state index < -0.39 is 5.92 Å². The van der Waals surface area contributed by atoms with Crippen LogP contribution in [0.25, 0.3) is 0 Å². The van der Waals surface area contributed by atoms with E-state index in [1.54, 1.807) is 6.08 Å². The number of esters is 2. The number of carbonyl (C=O) groups is 2. The van der Waals surface area contributed by atoms with Crippen molar-refractivity contribution in [2.24, 2.45) is 11.8 Å². The summed E-state index contributed by atoms with van der Waals surface area (Å²) in [6.45, 7) is 3.79. The third kappa shape index (κ3) is 6.92. The van der Waals surface area contributed by atoms with Crippen molar-refractivity contribution >= 4 is 11.9 Å². The minimum absolute atomic E-state index is 0.0898. The Morgan fingerprint density at radius 2 is 1.70 bits per heavy atom. The van der Waals surface area contributed by atoms with Gasteiger partial charge in [-0.25, -0.2) is 0 Å². The van der Waals surface area contributed by atoms with E-state index in [0.717, 1.165) is 0 Å². The average molecular weight is 280 g/mol. The van der Waals surface area contributed by atoms with Crippen molar-refractivity contribution in [3.63, 3.8) is 0 Å². The lowest BCUT2D eigenvalue weighted by Gasteiger charge is -2.19. The summed E-state index contributed by atoms with van der Waals surface area (Å²) >= 11 is 0. The molecule has 0 spiro atoms. The predicted molar refractivity (Wildman–Crippen MR) is 79.0 cm³/mol. The minimum Gasteiger partial charge on any atom is -0.469 e. The highest BCUT2D eigenvalue weighted by Gasteiger charge is 2.25. The van der Waals surface area contributed by atoms with Gasteiger partial charge in [0.05, 0.1) is 20.1 Å². The van der Waals surface area contributed by atoms with E-state index in [4.69, 9.17) is 4.74 Å². The second kappa shape index (κ2) is 11.0. The van der Waals surface area contributed by atoms with Gasteiger partial charge in [0.1, 0.15) is 0 Å². The highest BCUT2D eigenvalue weighted by atomic mass is 16.5. The fraction of sp³-hybridized carbons (Fsp3) is 0.500. The van der Waals surface area contributed by atoms with Crippen molar-refractivity contribution in [2.45, 2.75) is 26.7 Å². The Kier molecular flexibility index (Phi) is 10.0. The molecule has 112 valence electrons. The molecule has 4 heteroatoms. The molecule has 20 heavy (non-hydrogen) atoms. The first-order chi connectivity index (χ1) is 9.60. The van der Waals surface area contributed by atoms with Crippen molar-refractivity contribution < 1.29 is 19.1 Å². The molecular weight excluding hydrogens is 256 g/mol. The van der Waals surface area contributed by atoms with E-state index >= 15 is 0 Å². The highest BCUT2D eigenvalue weighted by molar-refractivity contribution is 5.75. The van der Waals surface area contributed by atoms with E-state index in [0.29, 0.717) is 6.42 Å². The Labute approximate surface area is 121 Å². The molecule has 2 unspecified atom stereocenters. The Morgan fingerprint density at radius 1 is 1.00 bits per heavy atom. The van der Waals surface area contributed by atoms with Crippen molar-refractivity contribution in [3.8, 4) is 0 Å². The zero-order valence-corrected chi connectivity index (χ0v) is 12.7. The summed E-state index contributed by atoms with van der Waals surface area (Å²) in [7, 11) is 2.72. The fourth-order valence-electron chi connectivity index (χ4n) is 1.86. The van der Waals surface area contributed by atoms with Crippen molar-refractivity contribution in [3.05, 3.63) is 36.5 Å². The monoisotopic (exact) mass is 280 g/mol. The maximum Gasteiger partial charge on any atom is 0.313 e. The van der Waals surface area contributed by atoms with Crippen LogP contribution in [0.5, 0.6) is 0 Å². The molecule has 0 heterocycles. The number of rotatable bonds is 8. The summed E-state index contributed by atoms with van der Waals surface area (Å²) in [6.07, 6.45) is 12.0. The number of allylic oxidation sites excluding steroid dienone is 5. The van der Waals surface area contributed by atoms with Gasteiger partial charge in [-0.2, -0.15) is 0 Å². The van der Waals surface area contributed by atoms with E-state index in [-0.39, 0.29) is 24.3 Å². The van der Waals surface area contributed by atoms with Gasteiger partial charge in [-0.1, -0.05) is 36.5 Å². The number of ether oxygens (including phenoxy) is 2. The Hall–Kier alpha value is -1.84. The van der Waals surface area contributed by atoms with Gasteiger partial charge in [-0.15, -0.1) is 0 Å². The van der Waals surface area contributed by atoms with Crippen LogP contribution < -0.4 is 0 Å².